The summed E-state index contributed by atoms with van der Waals surface area (Å²) in [4.78, 5) is 7.08. The van der Waals surface area contributed by atoms with Crippen LogP contribution in [0.25, 0.3) is 55.9 Å². The summed E-state index contributed by atoms with van der Waals surface area (Å²) >= 11 is 0. The van der Waals surface area contributed by atoms with Crippen LogP contribution in [0.4, 0.5) is 17.1 Å². The topological polar surface area (TPSA) is 29.3 Å². The number of aryl methyl sites for hydroxylation is 1. The largest absolute Gasteiger partial charge is 0.436 e. The van der Waals surface area contributed by atoms with Gasteiger partial charge in [0, 0.05) is 22.6 Å². The predicted molar refractivity (Wildman–Crippen MR) is 200 cm³/mol. The smallest absolute Gasteiger partial charge is 0.227 e. The van der Waals surface area contributed by atoms with Gasteiger partial charge in [0.1, 0.15) is 5.52 Å². The summed E-state index contributed by atoms with van der Waals surface area (Å²) in [5.41, 5.74) is 14.4. The summed E-state index contributed by atoms with van der Waals surface area (Å²) in [5, 5.41) is 0. The maximum absolute atomic E-state index is 6.12. The Morgan fingerprint density at radius 3 is 1.46 bits per heavy atom. The molecule has 3 nitrogen and oxygen atoms in total. The summed E-state index contributed by atoms with van der Waals surface area (Å²) < 4.78 is 6.12. The lowest BCUT2D eigenvalue weighted by Crippen LogP contribution is -2.09. The number of anilines is 3. The Kier molecular flexibility index (Phi) is 7.85. The van der Waals surface area contributed by atoms with Crippen LogP contribution in [-0.2, 0) is 6.42 Å². The Morgan fingerprint density at radius 1 is 0.458 bits per heavy atom. The molecular weight excluding hydrogens is 585 g/mol. The number of para-hydroxylation sites is 2. The first-order valence-corrected chi connectivity index (χ1v) is 16.4. The number of oxazole rings is 1. The number of rotatable bonds is 8. The summed E-state index contributed by atoms with van der Waals surface area (Å²) in [6.07, 6.45) is 0.974. The second-order valence-electron chi connectivity index (χ2n) is 11.9. The average molecular weight is 619 g/mol. The maximum atomic E-state index is 6.12. The van der Waals surface area contributed by atoms with E-state index in [0.29, 0.717) is 5.89 Å². The number of nitrogens with zero attached hydrogens (tertiary/aromatic N) is 2. The molecule has 0 aliphatic rings. The fourth-order valence-corrected chi connectivity index (χ4v) is 6.44. The van der Waals surface area contributed by atoms with E-state index in [4.69, 9.17) is 9.40 Å². The Balaban J connectivity index is 1.13. The molecule has 230 valence electrons. The van der Waals surface area contributed by atoms with Crippen LogP contribution in [0, 0.1) is 0 Å². The zero-order valence-electron chi connectivity index (χ0n) is 26.8. The van der Waals surface area contributed by atoms with Gasteiger partial charge in [0.2, 0.25) is 5.89 Å². The lowest BCUT2D eigenvalue weighted by atomic mass is 9.89. The van der Waals surface area contributed by atoms with Crippen molar-refractivity contribution in [1.82, 2.24) is 4.98 Å². The fraction of sp³-hybridized carbons (Fsp3) is 0.0444. The lowest BCUT2D eigenvalue weighted by Gasteiger charge is -2.25. The van der Waals surface area contributed by atoms with Gasteiger partial charge in [0.15, 0.2) is 5.58 Å². The van der Waals surface area contributed by atoms with Crippen LogP contribution in [0.2, 0.25) is 0 Å². The number of benzene rings is 7. The molecule has 8 aromatic rings. The molecule has 0 amide bonds. The highest BCUT2D eigenvalue weighted by Crippen LogP contribution is 2.40. The van der Waals surface area contributed by atoms with Gasteiger partial charge in [-0.15, -0.1) is 0 Å². The molecule has 7 aromatic carbocycles. The van der Waals surface area contributed by atoms with E-state index in [2.05, 4.69) is 182 Å². The van der Waals surface area contributed by atoms with Crippen LogP contribution >= 0.6 is 0 Å². The molecule has 1 heterocycles. The first-order chi connectivity index (χ1) is 23.7. The first-order valence-electron chi connectivity index (χ1n) is 16.4. The highest BCUT2D eigenvalue weighted by molar-refractivity contribution is 5.92. The van der Waals surface area contributed by atoms with E-state index in [1.165, 1.54) is 33.4 Å². The molecule has 0 atom stereocenters. The van der Waals surface area contributed by atoms with Crippen molar-refractivity contribution >= 4 is 28.2 Å². The molecule has 0 spiro atoms. The molecule has 0 unspecified atom stereocenters. The normalized spacial score (nSPS) is 11.1. The van der Waals surface area contributed by atoms with Crippen LogP contribution in [0.5, 0.6) is 0 Å². The molecule has 0 saturated carbocycles. The summed E-state index contributed by atoms with van der Waals surface area (Å²) in [7, 11) is 0. The van der Waals surface area contributed by atoms with Gasteiger partial charge in [-0.05, 0) is 106 Å². The molecule has 0 bridgehead atoms. The highest BCUT2D eigenvalue weighted by Gasteiger charge is 2.16. The quantitative estimate of drug-likeness (QED) is 0.170. The third kappa shape index (κ3) is 5.67. The van der Waals surface area contributed by atoms with Crippen LogP contribution in [-0.4, -0.2) is 4.98 Å². The lowest BCUT2D eigenvalue weighted by molar-refractivity contribution is 0.620. The predicted octanol–water partition coefficient (Wildman–Crippen LogP) is 12.5. The number of hydrogen-bond donors (Lipinski definition) is 0. The van der Waals surface area contributed by atoms with Crippen molar-refractivity contribution in [2.45, 2.75) is 13.3 Å². The number of aromatic nitrogens is 1. The summed E-state index contributed by atoms with van der Waals surface area (Å²) in [6.45, 7) is 2.15. The minimum Gasteiger partial charge on any atom is -0.436 e. The summed E-state index contributed by atoms with van der Waals surface area (Å²) in [6, 6.07) is 62.0. The van der Waals surface area contributed by atoms with Crippen molar-refractivity contribution in [3.63, 3.8) is 0 Å². The van der Waals surface area contributed by atoms with Crippen molar-refractivity contribution in [2.24, 2.45) is 0 Å². The van der Waals surface area contributed by atoms with Crippen LogP contribution in [0.15, 0.2) is 180 Å². The van der Waals surface area contributed by atoms with Gasteiger partial charge in [0.25, 0.3) is 0 Å². The van der Waals surface area contributed by atoms with E-state index < -0.39 is 0 Å². The van der Waals surface area contributed by atoms with E-state index in [-0.39, 0.29) is 0 Å². The molecule has 8 rings (SSSR count). The summed E-state index contributed by atoms with van der Waals surface area (Å²) in [5.74, 6) is 0.643. The second kappa shape index (κ2) is 12.9. The van der Waals surface area contributed by atoms with Crippen LogP contribution in [0.3, 0.4) is 0 Å². The molecule has 0 radical (unpaired) electrons. The van der Waals surface area contributed by atoms with Crippen molar-refractivity contribution < 1.29 is 4.42 Å². The van der Waals surface area contributed by atoms with Gasteiger partial charge in [-0.1, -0.05) is 122 Å². The molecule has 0 aliphatic carbocycles. The minimum atomic E-state index is 0.643. The van der Waals surface area contributed by atoms with Gasteiger partial charge in [0.05, 0.1) is 0 Å². The van der Waals surface area contributed by atoms with Crippen LogP contribution < -0.4 is 4.90 Å². The van der Waals surface area contributed by atoms with Crippen molar-refractivity contribution in [3.8, 4) is 44.8 Å². The van der Waals surface area contributed by atoms with Gasteiger partial charge in [-0.25, -0.2) is 4.98 Å². The van der Waals surface area contributed by atoms with Gasteiger partial charge >= 0.3 is 0 Å². The van der Waals surface area contributed by atoms with Crippen LogP contribution in [0.1, 0.15) is 12.5 Å². The molecular formula is C45H34N2O. The monoisotopic (exact) mass is 618 g/mol. The fourth-order valence-electron chi connectivity index (χ4n) is 6.44. The Hall–Kier alpha value is -6.19. The first kappa shape index (κ1) is 29.2. The standard InChI is InChI=1S/C45H34N2O/c1-2-32-21-30-44-43(31-32)46-45(48-44)35-24-22-33(23-25-35)39-17-9-11-19-41(39)42-20-12-10-18-40(42)34-26-28-38(29-27-34)47(36-13-5-3-6-14-36)37-15-7-4-8-16-37/h3-31H,2H2,1H3. The van der Waals surface area contributed by atoms with Gasteiger partial charge < -0.3 is 9.32 Å². The number of fused-ring (bicyclic) bond motifs is 1. The highest BCUT2D eigenvalue weighted by atomic mass is 16.3. The molecule has 0 aliphatic heterocycles. The third-order valence-corrected chi connectivity index (χ3v) is 8.91. The minimum absolute atomic E-state index is 0.643. The van der Waals surface area contributed by atoms with Gasteiger partial charge in [-0.3, -0.25) is 0 Å². The van der Waals surface area contributed by atoms with E-state index in [9.17, 15) is 0 Å². The Bertz CT molecular complexity index is 2270. The number of hydrogen-bond acceptors (Lipinski definition) is 3. The Morgan fingerprint density at radius 2 is 0.917 bits per heavy atom. The van der Waals surface area contributed by atoms with E-state index in [1.807, 2.05) is 6.07 Å². The van der Waals surface area contributed by atoms with E-state index in [1.54, 1.807) is 0 Å². The maximum Gasteiger partial charge on any atom is 0.227 e. The zero-order valence-corrected chi connectivity index (χ0v) is 26.8. The van der Waals surface area contributed by atoms with E-state index in [0.717, 1.165) is 45.7 Å². The molecule has 48 heavy (non-hydrogen) atoms. The molecule has 1 aromatic heterocycles. The van der Waals surface area contributed by atoms with Crippen molar-refractivity contribution in [2.75, 3.05) is 4.90 Å². The van der Waals surface area contributed by atoms with Crippen molar-refractivity contribution in [1.29, 1.82) is 0 Å². The van der Waals surface area contributed by atoms with E-state index >= 15 is 0 Å². The zero-order chi connectivity index (χ0) is 32.3. The van der Waals surface area contributed by atoms with Gasteiger partial charge in [-0.2, -0.15) is 0 Å². The van der Waals surface area contributed by atoms with Crippen molar-refractivity contribution in [3.05, 3.63) is 181 Å². The average Bonchev–Trinajstić information content (AvgIpc) is 3.60. The SMILES string of the molecule is CCc1ccc2oc(-c3ccc(-c4ccccc4-c4ccccc4-c4ccc(N(c5ccccc5)c5ccccc5)cc4)cc3)nc2c1. The third-order valence-electron chi connectivity index (χ3n) is 8.91. The second-order valence-corrected chi connectivity index (χ2v) is 11.9. The molecule has 0 N–H and O–H groups in total. The molecule has 3 heteroatoms. The molecule has 0 fully saturated rings. The molecule has 0 saturated heterocycles. The Labute approximate surface area is 281 Å².